The fourth-order valence-corrected chi connectivity index (χ4v) is 3.52. The van der Waals surface area contributed by atoms with Crippen molar-refractivity contribution in [3.63, 3.8) is 0 Å². The first kappa shape index (κ1) is 17.8. The fourth-order valence-electron chi connectivity index (χ4n) is 3.52. The second-order valence-corrected chi connectivity index (χ2v) is 5.82. The molecule has 0 bridgehead atoms. The molecule has 146 valence electrons. The molecule has 0 atom stereocenters. The third-order valence-electron chi connectivity index (χ3n) is 4.62. The highest BCUT2D eigenvalue weighted by Crippen LogP contribution is 2.50. The first-order valence-electron chi connectivity index (χ1n) is 8.11. The van der Waals surface area contributed by atoms with Crippen molar-refractivity contribution in [3.05, 3.63) is 26.9 Å². The lowest BCUT2D eigenvalue weighted by Crippen LogP contribution is -2.10. The summed E-state index contributed by atoms with van der Waals surface area (Å²) in [5.41, 5.74) is -1.30. The zero-order valence-electron chi connectivity index (χ0n) is 15.8. The van der Waals surface area contributed by atoms with Gasteiger partial charge < -0.3 is 32.5 Å². The van der Waals surface area contributed by atoms with E-state index >= 15 is 0 Å². The minimum atomic E-state index is -0.725. The Labute approximate surface area is 157 Å². The van der Waals surface area contributed by atoms with E-state index < -0.39 is 11.3 Å². The molecule has 0 aliphatic heterocycles. The fraction of sp³-hybridized carbons (Fsp3) is 0.263. The van der Waals surface area contributed by atoms with E-state index in [-0.39, 0.29) is 50.7 Å². The molecule has 2 aromatic heterocycles. The lowest BCUT2D eigenvalue weighted by atomic mass is 10.0. The highest BCUT2D eigenvalue weighted by molar-refractivity contribution is 6.23. The van der Waals surface area contributed by atoms with E-state index in [1.54, 1.807) is 0 Å². The first-order chi connectivity index (χ1) is 13.5. The van der Waals surface area contributed by atoms with Gasteiger partial charge in [-0.3, -0.25) is 0 Å². The molecule has 0 aliphatic rings. The van der Waals surface area contributed by atoms with Crippen molar-refractivity contribution in [3.8, 4) is 28.7 Å². The molecule has 28 heavy (non-hydrogen) atoms. The van der Waals surface area contributed by atoms with Crippen molar-refractivity contribution in [2.75, 3.05) is 35.5 Å². The number of methoxy groups -OCH3 is 5. The average Bonchev–Trinajstić information content (AvgIpc) is 2.71. The lowest BCUT2D eigenvalue weighted by molar-refractivity contribution is 0.324. The highest BCUT2D eigenvalue weighted by atomic mass is 16.5. The van der Waals surface area contributed by atoms with Crippen LogP contribution >= 0.6 is 0 Å². The first-order valence-corrected chi connectivity index (χ1v) is 8.11. The van der Waals surface area contributed by atoms with Crippen LogP contribution in [0.15, 0.2) is 24.5 Å². The summed E-state index contributed by atoms with van der Waals surface area (Å²) >= 11 is 0. The maximum atomic E-state index is 12.9. The van der Waals surface area contributed by atoms with Crippen molar-refractivity contribution in [1.82, 2.24) is 0 Å². The summed E-state index contributed by atoms with van der Waals surface area (Å²) < 4.78 is 37.8. The van der Waals surface area contributed by atoms with Gasteiger partial charge in [0, 0.05) is 5.39 Å². The summed E-state index contributed by atoms with van der Waals surface area (Å²) in [5.74, 6) is 0.728. The maximum absolute atomic E-state index is 12.9. The van der Waals surface area contributed by atoms with Gasteiger partial charge in [0.1, 0.15) is 5.39 Å². The van der Waals surface area contributed by atoms with Crippen molar-refractivity contribution < 1.29 is 32.5 Å². The Kier molecular flexibility index (Phi) is 3.95. The van der Waals surface area contributed by atoms with Crippen molar-refractivity contribution in [2.24, 2.45) is 0 Å². The SMILES string of the molecule is COc1cc2c(=O)oc3c(OC)c(OC)c(OC)c4c(=O)oc(c1OC)c2c34. The van der Waals surface area contributed by atoms with Gasteiger partial charge in [-0.15, -0.1) is 0 Å². The number of benzene rings is 2. The van der Waals surface area contributed by atoms with Crippen LogP contribution in [0.1, 0.15) is 0 Å². The molecule has 0 radical (unpaired) electrons. The van der Waals surface area contributed by atoms with Crippen LogP contribution in [0.4, 0.5) is 0 Å². The molecule has 0 aliphatic carbocycles. The van der Waals surface area contributed by atoms with E-state index in [1.165, 1.54) is 41.6 Å². The van der Waals surface area contributed by atoms with Crippen LogP contribution in [0, 0.1) is 0 Å². The molecule has 2 heterocycles. The summed E-state index contributed by atoms with van der Waals surface area (Å²) in [6.07, 6.45) is 0. The molecule has 4 aromatic rings. The van der Waals surface area contributed by atoms with Crippen LogP contribution in [0.5, 0.6) is 28.7 Å². The van der Waals surface area contributed by atoms with E-state index in [4.69, 9.17) is 32.5 Å². The molecular weight excluding hydrogens is 372 g/mol. The molecule has 0 saturated heterocycles. The topological polar surface area (TPSA) is 107 Å². The predicted molar refractivity (Wildman–Crippen MR) is 100.0 cm³/mol. The van der Waals surface area contributed by atoms with Gasteiger partial charge in [-0.05, 0) is 6.07 Å². The zero-order valence-corrected chi connectivity index (χ0v) is 15.8. The quantitative estimate of drug-likeness (QED) is 0.376. The Morgan fingerprint density at radius 2 is 1.18 bits per heavy atom. The Hall–Kier alpha value is -3.62. The van der Waals surface area contributed by atoms with Crippen LogP contribution in [0.2, 0.25) is 0 Å². The van der Waals surface area contributed by atoms with Gasteiger partial charge in [0.05, 0.1) is 46.3 Å². The predicted octanol–water partition coefficient (Wildman–Crippen LogP) is 2.53. The van der Waals surface area contributed by atoms with Gasteiger partial charge in [-0.25, -0.2) is 9.59 Å². The molecule has 0 N–H and O–H groups in total. The van der Waals surface area contributed by atoms with E-state index in [2.05, 4.69) is 0 Å². The van der Waals surface area contributed by atoms with Gasteiger partial charge in [-0.1, -0.05) is 0 Å². The number of hydrogen-bond donors (Lipinski definition) is 0. The van der Waals surface area contributed by atoms with Gasteiger partial charge in [0.25, 0.3) is 0 Å². The summed E-state index contributed by atoms with van der Waals surface area (Å²) in [5, 5.41) is 0.848. The van der Waals surface area contributed by atoms with Crippen molar-refractivity contribution in [2.45, 2.75) is 0 Å². The van der Waals surface area contributed by atoms with Gasteiger partial charge in [-0.2, -0.15) is 0 Å². The molecule has 9 heteroatoms. The summed E-state index contributed by atoms with van der Waals surface area (Å²) in [4.78, 5) is 25.6. The van der Waals surface area contributed by atoms with Crippen LogP contribution in [0.3, 0.4) is 0 Å². The lowest BCUT2D eigenvalue weighted by Gasteiger charge is -2.18. The van der Waals surface area contributed by atoms with Crippen molar-refractivity contribution in [1.29, 1.82) is 0 Å². The Morgan fingerprint density at radius 1 is 0.607 bits per heavy atom. The van der Waals surface area contributed by atoms with Gasteiger partial charge in [0.15, 0.2) is 22.7 Å². The van der Waals surface area contributed by atoms with Crippen LogP contribution in [-0.2, 0) is 0 Å². The third kappa shape index (κ3) is 2.07. The number of ether oxygens (including phenoxy) is 5. The second-order valence-electron chi connectivity index (χ2n) is 5.82. The minimum Gasteiger partial charge on any atom is -0.493 e. The molecule has 0 unspecified atom stereocenters. The average molecular weight is 388 g/mol. The molecule has 2 aromatic carbocycles. The summed E-state index contributed by atoms with van der Waals surface area (Å²) in [7, 11) is 6.96. The zero-order chi connectivity index (χ0) is 20.2. The highest BCUT2D eigenvalue weighted by Gasteiger charge is 2.30. The summed E-state index contributed by atoms with van der Waals surface area (Å²) in [6.45, 7) is 0. The minimum absolute atomic E-state index is 0.0396. The van der Waals surface area contributed by atoms with Crippen molar-refractivity contribution >= 4 is 32.7 Å². The molecule has 0 spiro atoms. The monoisotopic (exact) mass is 388 g/mol. The standard InChI is InChI=1S/C19H16O9/c1-22-8-6-7-9-10-11(19(21)28-14(9)12(8)23-2)13(24-3)16(25-4)17(26-5)15(10)27-18(7)20/h6H,1-5H3. The Bertz CT molecular complexity index is 1330. The van der Waals surface area contributed by atoms with E-state index in [0.717, 1.165) is 0 Å². The third-order valence-corrected chi connectivity index (χ3v) is 4.62. The molecule has 9 nitrogen and oxygen atoms in total. The maximum Gasteiger partial charge on any atom is 0.348 e. The molecule has 0 saturated carbocycles. The van der Waals surface area contributed by atoms with Crippen LogP contribution in [0.25, 0.3) is 32.7 Å². The van der Waals surface area contributed by atoms with E-state index in [1.807, 2.05) is 0 Å². The molecular formula is C19H16O9. The molecule has 0 amide bonds. The Morgan fingerprint density at radius 3 is 1.75 bits per heavy atom. The van der Waals surface area contributed by atoms with Gasteiger partial charge >= 0.3 is 11.3 Å². The Balaban J connectivity index is 2.46. The number of hydrogen-bond acceptors (Lipinski definition) is 9. The number of rotatable bonds is 5. The molecule has 0 fully saturated rings. The van der Waals surface area contributed by atoms with E-state index in [0.29, 0.717) is 10.8 Å². The van der Waals surface area contributed by atoms with Crippen LogP contribution in [-0.4, -0.2) is 35.5 Å². The largest absolute Gasteiger partial charge is 0.493 e. The van der Waals surface area contributed by atoms with Gasteiger partial charge in [0.2, 0.25) is 17.2 Å². The molecule has 4 rings (SSSR count). The van der Waals surface area contributed by atoms with E-state index in [9.17, 15) is 9.59 Å². The van der Waals surface area contributed by atoms with Crippen LogP contribution < -0.4 is 34.9 Å². The summed E-state index contributed by atoms with van der Waals surface area (Å²) in [6, 6.07) is 1.47. The second kappa shape index (κ2) is 6.22. The normalized spacial score (nSPS) is 11.3. The smallest absolute Gasteiger partial charge is 0.348 e.